The normalized spacial score (nSPS) is 18.8. The van der Waals surface area contributed by atoms with E-state index < -0.39 is 0 Å². The van der Waals surface area contributed by atoms with Crippen molar-refractivity contribution < 1.29 is 9.18 Å². The number of rotatable bonds is 3. The van der Waals surface area contributed by atoms with Gasteiger partial charge < -0.3 is 10.6 Å². The Morgan fingerprint density at radius 1 is 1.37 bits per heavy atom. The highest BCUT2D eigenvalue weighted by atomic mass is 35.5. The highest BCUT2D eigenvalue weighted by Gasteiger charge is 2.25. The van der Waals surface area contributed by atoms with Gasteiger partial charge in [-0.05, 0) is 30.9 Å². The van der Waals surface area contributed by atoms with Crippen LogP contribution < -0.4 is 5.73 Å². The van der Waals surface area contributed by atoms with Crippen molar-refractivity contribution in [3.05, 3.63) is 35.6 Å². The van der Waals surface area contributed by atoms with Crippen LogP contribution in [0.25, 0.3) is 0 Å². The molecule has 0 spiro atoms. The molecule has 0 aromatic heterocycles. The van der Waals surface area contributed by atoms with Crippen molar-refractivity contribution in [2.75, 3.05) is 13.1 Å². The smallest absolute Gasteiger partial charge is 0.227 e. The number of likely N-dealkylation sites (tertiary alicyclic amines) is 1. The lowest BCUT2D eigenvalue weighted by atomic mass is 10.0. The van der Waals surface area contributed by atoms with Crippen LogP contribution in [0.5, 0.6) is 0 Å². The van der Waals surface area contributed by atoms with Gasteiger partial charge >= 0.3 is 0 Å². The second kappa shape index (κ2) is 7.46. The number of nitrogens with zero attached hydrogens (tertiary/aromatic N) is 1. The Morgan fingerprint density at radius 3 is 2.79 bits per heavy atom. The summed E-state index contributed by atoms with van der Waals surface area (Å²) in [6.07, 6.45) is 3.22. The lowest BCUT2D eigenvalue weighted by Crippen LogP contribution is -2.48. The van der Waals surface area contributed by atoms with E-state index in [0.29, 0.717) is 12.1 Å². The van der Waals surface area contributed by atoms with Crippen molar-refractivity contribution in [1.82, 2.24) is 4.90 Å². The van der Waals surface area contributed by atoms with Crippen LogP contribution in [0.4, 0.5) is 4.39 Å². The Labute approximate surface area is 119 Å². The minimum atomic E-state index is -0.313. The highest BCUT2D eigenvalue weighted by molar-refractivity contribution is 5.85. The first-order valence-electron chi connectivity index (χ1n) is 6.45. The molecule has 0 aliphatic carbocycles. The quantitative estimate of drug-likeness (QED) is 0.925. The van der Waals surface area contributed by atoms with Crippen LogP contribution in [0, 0.1) is 5.82 Å². The summed E-state index contributed by atoms with van der Waals surface area (Å²) in [6, 6.07) is 6.56. The van der Waals surface area contributed by atoms with Crippen LogP contribution in [0.2, 0.25) is 0 Å². The molecule has 5 heteroatoms. The van der Waals surface area contributed by atoms with Gasteiger partial charge in [0.05, 0.1) is 6.42 Å². The summed E-state index contributed by atoms with van der Waals surface area (Å²) in [5.41, 5.74) is 6.15. The third-order valence-electron chi connectivity index (χ3n) is 3.52. The fourth-order valence-corrected chi connectivity index (χ4v) is 2.48. The Balaban J connectivity index is 0.00000180. The summed E-state index contributed by atoms with van der Waals surface area (Å²) in [5.74, 6) is -0.331. The largest absolute Gasteiger partial charge is 0.338 e. The number of piperidine rings is 1. The van der Waals surface area contributed by atoms with E-state index >= 15 is 0 Å². The standard InChI is InChI=1S/C14H19FN2O.ClH/c15-13-7-2-1-5-11(13)9-14(18)17-8-4-3-6-12(17)10-16;/h1-2,5,7,12H,3-4,6,8-10,16H2;1H. The van der Waals surface area contributed by atoms with Crippen LogP contribution >= 0.6 is 12.4 Å². The molecule has 1 unspecified atom stereocenters. The summed E-state index contributed by atoms with van der Waals surface area (Å²) < 4.78 is 13.5. The molecule has 1 heterocycles. The summed E-state index contributed by atoms with van der Waals surface area (Å²) in [5, 5.41) is 0. The fraction of sp³-hybridized carbons (Fsp3) is 0.500. The molecule has 1 fully saturated rings. The Kier molecular flexibility index (Phi) is 6.25. The summed E-state index contributed by atoms with van der Waals surface area (Å²) in [6.45, 7) is 1.23. The number of nitrogens with two attached hydrogens (primary N) is 1. The minimum Gasteiger partial charge on any atom is -0.338 e. The molecular formula is C14H20ClFN2O. The predicted octanol–water partition coefficient (Wildman–Crippen LogP) is 2.13. The van der Waals surface area contributed by atoms with E-state index in [2.05, 4.69) is 0 Å². The zero-order valence-corrected chi connectivity index (χ0v) is 11.7. The number of hydrogen-bond acceptors (Lipinski definition) is 2. The maximum Gasteiger partial charge on any atom is 0.227 e. The first kappa shape index (κ1) is 15.9. The molecule has 0 bridgehead atoms. The number of carbonyl (C=O) groups excluding carboxylic acids is 1. The van der Waals surface area contributed by atoms with Crippen molar-refractivity contribution in [1.29, 1.82) is 0 Å². The maximum absolute atomic E-state index is 13.5. The number of carbonyl (C=O) groups is 1. The van der Waals surface area contributed by atoms with Gasteiger partial charge in [0.1, 0.15) is 5.82 Å². The van der Waals surface area contributed by atoms with Crippen LogP contribution in [-0.2, 0) is 11.2 Å². The van der Waals surface area contributed by atoms with Crippen LogP contribution in [0.3, 0.4) is 0 Å². The molecule has 0 radical (unpaired) electrons. The molecule has 19 heavy (non-hydrogen) atoms. The summed E-state index contributed by atoms with van der Waals surface area (Å²) in [7, 11) is 0. The van der Waals surface area contributed by atoms with Crippen LogP contribution in [0.15, 0.2) is 24.3 Å². The number of halogens is 2. The number of hydrogen-bond donors (Lipinski definition) is 1. The van der Waals surface area contributed by atoms with Gasteiger partial charge in [-0.25, -0.2) is 4.39 Å². The highest BCUT2D eigenvalue weighted by Crippen LogP contribution is 2.18. The second-order valence-corrected chi connectivity index (χ2v) is 4.74. The van der Waals surface area contributed by atoms with Gasteiger partial charge in [-0.15, -0.1) is 12.4 Å². The zero-order chi connectivity index (χ0) is 13.0. The van der Waals surface area contributed by atoms with E-state index in [4.69, 9.17) is 5.73 Å². The van der Waals surface area contributed by atoms with E-state index in [1.54, 1.807) is 18.2 Å². The van der Waals surface area contributed by atoms with Gasteiger partial charge in [-0.3, -0.25) is 4.79 Å². The first-order valence-corrected chi connectivity index (χ1v) is 6.45. The molecule has 2 N–H and O–H groups in total. The summed E-state index contributed by atoms with van der Waals surface area (Å²) >= 11 is 0. The van der Waals surface area contributed by atoms with E-state index in [1.807, 2.05) is 4.90 Å². The molecule has 1 aliphatic heterocycles. The predicted molar refractivity (Wildman–Crippen MR) is 75.8 cm³/mol. The molecule has 1 aromatic carbocycles. The van der Waals surface area contributed by atoms with Crippen LogP contribution in [0.1, 0.15) is 24.8 Å². The van der Waals surface area contributed by atoms with Crippen molar-refractivity contribution in [3.8, 4) is 0 Å². The van der Waals surface area contributed by atoms with Gasteiger partial charge in [0.2, 0.25) is 5.91 Å². The molecule has 0 saturated carbocycles. The molecular weight excluding hydrogens is 267 g/mol. The topological polar surface area (TPSA) is 46.3 Å². The van der Waals surface area contributed by atoms with Crippen molar-refractivity contribution in [3.63, 3.8) is 0 Å². The van der Waals surface area contributed by atoms with E-state index in [1.165, 1.54) is 6.07 Å². The Bertz CT molecular complexity index is 428. The zero-order valence-electron chi connectivity index (χ0n) is 10.8. The van der Waals surface area contributed by atoms with Crippen molar-refractivity contribution in [2.24, 2.45) is 5.73 Å². The van der Waals surface area contributed by atoms with Crippen molar-refractivity contribution in [2.45, 2.75) is 31.7 Å². The molecule has 3 nitrogen and oxygen atoms in total. The van der Waals surface area contributed by atoms with Gasteiger partial charge in [-0.1, -0.05) is 18.2 Å². The average molecular weight is 287 g/mol. The van der Waals surface area contributed by atoms with Gasteiger partial charge in [-0.2, -0.15) is 0 Å². The second-order valence-electron chi connectivity index (χ2n) is 4.74. The molecule has 1 saturated heterocycles. The number of benzene rings is 1. The summed E-state index contributed by atoms with van der Waals surface area (Å²) in [4.78, 5) is 14.0. The third kappa shape index (κ3) is 3.91. The van der Waals surface area contributed by atoms with Crippen LogP contribution in [-0.4, -0.2) is 29.9 Å². The first-order chi connectivity index (χ1) is 8.72. The molecule has 1 amide bonds. The van der Waals surface area contributed by atoms with E-state index in [9.17, 15) is 9.18 Å². The third-order valence-corrected chi connectivity index (χ3v) is 3.52. The fourth-order valence-electron chi connectivity index (χ4n) is 2.48. The lowest BCUT2D eigenvalue weighted by molar-refractivity contribution is -0.133. The molecule has 1 atom stereocenters. The van der Waals surface area contributed by atoms with Gasteiger partial charge in [0, 0.05) is 19.1 Å². The average Bonchev–Trinajstić information content (AvgIpc) is 2.41. The molecule has 1 aliphatic rings. The van der Waals surface area contributed by atoms with Gasteiger partial charge in [0.25, 0.3) is 0 Å². The van der Waals surface area contributed by atoms with Crippen molar-refractivity contribution >= 4 is 18.3 Å². The Morgan fingerprint density at radius 2 is 2.11 bits per heavy atom. The number of amides is 1. The van der Waals surface area contributed by atoms with E-state index in [0.717, 1.165) is 25.8 Å². The minimum absolute atomic E-state index is 0. The molecule has 2 rings (SSSR count). The molecule has 1 aromatic rings. The van der Waals surface area contributed by atoms with E-state index in [-0.39, 0.29) is 36.6 Å². The van der Waals surface area contributed by atoms with Gasteiger partial charge in [0.15, 0.2) is 0 Å². The lowest BCUT2D eigenvalue weighted by Gasteiger charge is -2.35. The SMILES string of the molecule is Cl.NCC1CCCCN1C(=O)Cc1ccccc1F. The Hall–Kier alpha value is -1.13. The monoisotopic (exact) mass is 286 g/mol. The maximum atomic E-state index is 13.5. The molecule has 106 valence electrons.